The normalized spacial score (nSPS) is 14.0. The Balaban J connectivity index is 1.80. The van der Waals surface area contributed by atoms with E-state index in [0.717, 1.165) is 11.4 Å². The molecular formula is C19H28N3O3+. The van der Waals surface area contributed by atoms with Crippen molar-refractivity contribution in [2.45, 2.75) is 46.2 Å². The van der Waals surface area contributed by atoms with Gasteiger partial charge in [-0.15, -0.1) is 0 Å². The highest BCUT2D eigenvalue weighted by Crippen LogP contribution is 2.22. The lowest BCUT2D eigenvalue weighted by atomic mass is 10.1. The molecule has 6 nitrogen and oxygen atoms in total. The molecule has 0 atom stereocenters. The number of imide groups is 1. The second-order valence-electron chi connectivity index (χ2n) is 7.04. The van der Waals surface area contributed by atoms with Crippen LogP contribution in [0.15, 0.2) is 24.3 Å². The summed E-state index contributed by atoms with van der Waals surface area (Å²) in [6, 6.07) is 7.75. The zero-order valence-corrected chi connectivity index (χ0v) is 15.5. The number of hydrogen-bond donors (Lipinski definition) is 2. The standard InChI is InChI=1S/C19H27N3O3/c1-13(2)21(14(3)4)12-10-20-17(23)9-11-22-18(24)15-7-5-6-8-16(15)19(22)25/h5-8,13-14H,9-12H2,1-4H3,(H,20,23)/p+1. The first-order valence-corrected chi connectivity index (χ1v) is 8.90. The molecule has 1 aliphatic heterocycles. The summed E-state index contributed by atoms with van der Waals surface area (Å²) in [7, 11) is 0. The SMILES string of the molecule is CC(C)[NH+](CCNC(=O)CCN1C(=O)c2ccccc2C1=O)C(C)C. The van der Waals surface area contributed by atoms with E-state index in [1.165, 1.54) is 4.90 Å². The fraction of sp³-hybridized carbons (Fsp3) is 0.526. The average molecular weight is 346 g/mol. The van der Waals surface area contributed by atoms with E-state index in [1.54, 1.807) is 24.3 Å². The number of quaternary nitrogens is 1. The molecule has 136 valence electrons. The number of nitrogens with one attached hydrogen (secondary N) is 2. The molecule has 0 fully saturated rings. The predicted molar refractivity (Wildman–Crippen MR) is 95.5 cm³/mol. The van der Waals surface area contributed by atoms with Crippen molar-refractivity contribution in [3.63, 3.8) is 0 Å². The first-order chi connectivity index (χ1) is 11.8. The maximum atomic E-state index is 12.2. The van der Waals surface area contributed by atoms with Gasteiger partial charge in [-0.05, 0) is 39.8 Å². The van der Waals surface area contributed by atoms with Gasteiger partial charge in [0, 0.05) is 13.0 Å². The van der Waals surface area contributed by atoms with Gasteiger partial charge in [0.05, 0.1) is 36.3 Å². The van der Waals surface area contributed by atoms with Gasteiger partial charge < -0.3 is 10.2 Å². The van der Waals surface area contributed by atoms with Crippen molar-refractivity contribution in [3.8, 4) is 0 Å². The Kier molecular flexibility index (Phi) is 6.31. The maximum Gasteiger partial charge on any atom is 0.261 e. The van der Waals surface area contributed by atoms with E-state index in [-0.39, 0.29) is 30.7 Å². The van der Waals surface area contributed by atoms with Crippen LogP contribution < -0.4 is 10.2 Å². The minimum absolute atomic E-state index is 0.114. The lowest BCUT2D eigenvalue weighted by Gasteiger charge is -2.27. The number of benzene rings is 1. The van der Waals surface area contributed by atoms with E-state index < -0.39 is 0 Å². The summed E-state index contributed by atoms with van der Waals surface area (Å²) in [5.74, 6) is -0.768. The van der Waals surface area contributed by atoms with Gasteiger partial charge in [0.1, 0.15) is 0 Å². The Hall–Kier alpha value is -2.21. The molecule has 1 aromatic carbocycles. The largest absolute Gasteiger partial charge is 0.350 e. The predicted octanol–water partition coefficient (Wildman–Crippen LogP) is 0.491. The van der Waals surface area contributed by atoms with E-state index in [0.29, 0.717) is 29.8 Å². The van der Waals surface area contributed by atoms with Crippen LogP contribution in [0.2, 0.25) is 0 Å². The minimum Gasteiger partial charge on any atom is -0.350 e. The van der Waals surface area contributed by atoms with Crippen LogP contribution in [0.3, 0.4) is 0 Å². The first-order valence-electron chi connectivity index (χ1n) is 8.90. The minimum atomic E-state index is -0.316. The van der Waals surface area contributed by atoms with Gasteiger partial charge in [-0.2, -0.15) is 0 Å². The molecule has 25 heavy (non-hydrogen) atoms. The molecule has 1 aliphatic rings. The summed E-state index contributed by atoms with van der Waals surface area (Å²) in [6.45, 7) is 10.2. The summed E-state index contributed by atoms with van der Waals surface area (Å²) < 4.78 is 0. The summed E-state index contributed by atoms with van der Waals surface area (Å²) in [5, 5.41) is 2.89. The van der Waals surface area contributed by atoms with Crippen molar-refractivity contribution >= 4 is 17.7 Å². The van der Waals surface area contributed by atoms with Crippen LogP contribution in [-0.4, -0.2) is 54.3 Å². The highest BCUT2D eigenvalue weighted by atomic mass is 16.2. The molecule has 3 amide bonds. The molecule has 0 saturated carbocycles. The highest BCUT2D eigenvalue weighted by Gasteiger charge is 2.34. The number of nitrogens with zero attached hydrogens (tertiary/aromatic N) is 1. The molecule has 1 aromatic rings. The van der Waals surface area contributed by atoms with Crippen LogP contribution in [-0.2, 0) is 4.79 Å². The Labute approximate surface area is 149 Å². The monoisotopic (exact) mass is 346 g/mol. The van der Waals surface area contributed by atoms with Crippen molar-refractivity contribution in [1.29, 1.82) is 0 Å². The molecule has 0 unspecified atom stereocenters. The Bertz CT molecular complexity index is 612. The van der Waals surface area contributed by atoms with Crippen molar-refractivity contribution < 1.29 is 19.3 Å². The van der Waals surface area contributed by atoms with Gasteiger partial charge in [0.15, 0.2) is 0 Å². The fourth-order valence-corrected chi connectivity index (χ4v) is 3.33. The zero-order chi connectivity index (χ0) is 18.6. The van der Waals surface area contributed by atoms with Crippen molar-refractivity contribution in [1.82, 2.24) is 10.2 Å². The van der Waals surface area contributed by atoms with E-state index in [2.05, 4.69) is 33.0 Å². The van der Waals surface area contributed by atoms with E-state index >= 15 is 0 Å². The third-order valence-electron chi connectivity index (χ3n) is 4.66. The second-order valence-corrected chi connectivity index (χ2v) is 7.04. The Morgan fingerprint density at radius 1 is 1.04 bits per heavy atom. The number of carbonyl (C=O) groups excluding carboxylic acids is 3. The van der Waals surface area contributed by atoms with Gasteiger partial charge in [0.25, 0.3) is 11.8 Å². The number of fused-ring (bicyclic) bond motifs is 1. The number of hydrogen-bond acceptors (Lipinski definition) is 3. The van der Waals surface area contributed by atoms with Crippen LogP contribution in [0, 0.1) is 0 Å². The van der Waals surface area contributed by atoms with Gasteiger partial charge in [-0.25, -0.2) is 0 Å². The van der Waals surface area contributed by atoms with Crippen molar-refractivity contribution in [2.75, 3.05) is 19.6 Å². The number of rotatable bonds is 8. The van der Waals surface area contributed by atoms with Crippen molar-refractivity contribution in [3.05, 3.63) is 35.4 Å². The molecule has 0 spiro atoms. The van der Waals surface area contributed by atoms with E-state index in [9.17, 15) is 14.4 Å². The highest BCUT2D eigenvalue weighted by molar-refractivity contribution is 6.21. The van der Waals surface area contributed by atoms with Crippen LogP contribution >= 0.6 is 0 Å². The summed E-state index contributed by atoms with van der Waals surface area (Å²) in [5.41, 5.74) is 0.835. The third-order valence-corrected chi connectivity index (χ3v) is 4.66. The van der Waals surface area contributed by atoms with Crippen LogP contribution in [0.25, 0.3) is 0 Å². The lowest BCUT2D eigenvalue weighted by molar-refractivity contribution is -0.941. The quantitative estimate of drug-likeness (QED) is 0.673. The summed E-state index contributed by atoms with van der Waals surface area (Å²) in [4.78, 5) is 39.1. The van der Waals surface area contributed by atoms with Gasteiger partial charge in [-0.3, -0.25) is 19.3 Å². The summed E-state index contributed by atoms with van der Waals surface area (Å²) in [6.07, 6.45) is 0.129. The van der Waals surface area contributed by atoms with Crippen molar-refractivity contribution in [2.24, 2.45) is 0 Å². The molecule has 0 aromatic heterocycles. The molecule has 1 heterocycles. The van der Waals surface area contributed by atoms with E-state index in [4.69, 9.17) is 0 Å². The number of carbonyl (C=O) groups is 3. The van der Waals surface area contributed by atoms with Gasteiger partial charge >= 0.3 is 0 Å². The molecule has 0 saturated heterocycles. The first kappa shape index (κ1) is 19.1. The smallest absolute Gasteiger partial charge is 0.261 e. The molecule has 2 N–H and O–H groups in total. The fourth-order valence-electron chi connectivity index (χ4n) is 3.33. The second kappa shape index (κ2) is 8.25. The molecule has 6 heteroatoms. The average Bonchev–Trinajstić information content (AvgIpc) is 2.80. The van der Waals surface area contributed by atoms with Crippen LogP contribution in [0.4, 0.5) is 0 Å². The molecule has 0 aliphatic carbocycles. The molecular weight excluding hydrogens is 318 g/mol. The maximum absolute atomic E-state index is 12.2. The van der Waals surface area contributed by atoms with Crippen LogP contribution in [0.5, 0.6) is 0 Å². The van der Waals surface area contributed by atoms with Gasteiger partial charge in [0.2, 0.25) is 5.91 Å². The van der Waals surface area contributed by atoms with Gasteiger partial charge in [-0.1, -0.05) is 12.1 Å². The zero-order valence-electron chi connectivity index (χ0n) is 15.5. The lowest BCUT2D eigenvalue weighted by Crippen LogP contribution is -3.18. The number of amides is 3. The Morgan fingerprint density at radius 3 is 2.04 bits per heavy atom. The van der Waals surface area contributed by atoms with Crippen LogP contribution in [0.1, 0.15) is 54.8 Å². The summed E-state index contributed by atoms with van der Waals surface area (Å²) >= 11 is 0. The topological polar surface area (TPSA) is 70.9 Å². The molecule has 0 bridgehead atoms. The Morgan fingerprint density at radius 2 is 1.56 bits per heavy atom. The molecule has 2 rings (SSSR count). The third kappa shape index (κ3) is 4.45. The molecule has 0 radical (unpaired) electrons. The van der Waals surface area contributed by atoms with E-state index in [1.807, 2.05) is 0 Å².